The van der Waals surface area contributed by atoms with E-state index in [9.17, 15) is 5.11 Å². The molecule has 0 saturated carbocycles. The molecule has 0 unspecified atom stereocenters. The quantitative estimate of drug-likeness (QED) is 0.414. The number of nitrogens with one attached hydrogen (secondary N) is 1. The van der Waals surface area contributed by atoms with Gasteiger partial charge in [-0.3, -0.25) is 4.99 Å². The number of aliphatic imine (C=N–C) groups is 1. The van der Waals surface area contributed by atoms with E-state index in [0.29, 0.717) is 29.6 Å². The lowest BCUT2D eigenvalue weighted by atomic mass is 10.1. The average Bonchev–Trinajstić information content (AvgIpc) is 2.87. The molecule has 0 aliphatic carbocycles. The molecule has 22 heavy (non-hydrogen) atoms. The predicted molar refractivity (Wildman–Crippen MR) is 104 cm³/mol. The summed E-state index contributed by atoms with van der Waals surface area (Å²) in [4.78, 5) is 6.70. The normalized spacial score (nSPS) is 18.3. The summed E-state index contributed by atoms with van der Waals surface area (Å²) in [6, 6.07) is 5.52. The number of aliphatic hydroxyl groups excluding tert-OH is 1. The van der Waals surface area contributed by atoms with Crippen molar-refractivity contribution in [2.45, 2.75) is 25.9 Å². The Bertz CT molecular complexity index is 493. The van der Waals surface area contributed by atoms with Crippen molar-refractivity contribution in [3.05, 3.63) is 33.8 Å². The molecule has 2 N–H and O–H groups in total. The molecular formula is C15H22Cl2IN3O. The van der Waals surface area contributed by atoms with Crippen LogP contribution in [-0.4, -0.2) is 48.2 Å². The molecule has 0 amide bonds. The van der Waals surface area contributed by atoms with Crippen LogP contribution < -0.4 is 5.32 Å². The van der Waals surface area contributed by atoms with Crippen LogP contribution in [0.5, 0.6) is 0 Å². The lowest BCUT2D eigenvalue weighted by Crippen LogP contribution is -2.40. The molecule has 1 aromatic carbocycles. The molecule has 2 rings (SSSR count). The van der Waals surface area contributed by atoms with Crippen molar-refractivity contribution in [1.82, 2.24) is 10.2 Å². The van der Waals surface area contributed by atoms with Gasteiger partial charge >= 0.3 is 0 Å². The van der Waals surface area contributed by atoms with Gasteiger partial charge in [-0.05, 0) is 37.5 Å². The molecule has 1 heterocycles. The van der Waals surface area contributed by atoms with Gasteiger partial charge in [0.2, 0.25) is 0 Å². The van der Waals surface area contributed by atoms with Gasteiger partial charge in [0.05, 0.1) is 6.10 Å². The second kappa shape index (κ2) is 9.80. The number of rotatable bonds is 4. The van der Waals surface area contributed by atoms with Crippen molar-refractivity contribution in [2.24, 2.45) is 4.99 Å². The minimum Gasteiger partial charge on any atom is -0.391 e. The zero-order valence-corrected chi connectivity index (χ0v) is 16.4. The topological polar surface area (TPSA) is 47.9 Å². The fraction of sp³-hybridized carbons (Fsp3) is 0.533. The summed E-state index contributed by atoms with van der Waals surface area (Å²) in [7, 11) is 0. The number of guanidine groups is 1. The van der Waals surface area contributed by atoms with E-state index in [1.165, 1.54) is 0 Å². The van der Waals surface area contributed by atoms with Crippen molar-refractivity contribution in [1.29, 1.82) is 0 Å². The van der Waals surface area contributed by atoms with Crippen molar-refractivity contribution in [3.63, 3.8) is 0 Å². The Balaban J connectivity index is 0.00000242. The zero-order chi connectivity index (χ0) is 15.2. The van der Waals surface area contributed by atoms with Crippen LogP contribution in [0.2, 0.25) is 10.0 Å². The smallest absolute Gasteiger partial charge is 0.194 e. The summed E-state index contributed by atoms with van der Waals surface area (Å²) in [5.41, 5.74) is 0.932. The lowest BCUT2D eigenvalue weighted by Gasteiger charge is -2.21. The van der Waals surface area contributed by atoms with Crippen molar-refractivity contribution in [2.75, 3.05) is 26.2 Å². The highest BCUT2D eigenvalue weighted by atomic mass is 127. The van der Waals surface area contributed by atoms with Crippen LogP contribution >= 0.6 is 47.2 Å². The second-order valence-corrected chi connectivity index (χ2v) is 5.89. The Labute approximate surface area is 158 Å². The average molecular weight is 458 g/mol. The Morgan fingerprint density at radius 3 is 2.64 bits per heavy atom. The second-order valence-electron chi connectivity index (χ2n) is 5.07. The lowest BCUT2D eigenvalue weighted by molar-refractivity contribution is 0.188. The van der Waals surface area contributed by atoms with Gasteiger partial charge in [-0.15, -0.1) is 24.0 Å². The number of β-amino-alcohol motifs (C(OH)–C–C–N with tert-alkyl or cyclic N) is 1. The standard InChI is InChI=1S/C15H21Cl2N3O.HI/c1-2-18-15(20-9-7-11(21)10-20)19-8-6-12-13(16)4-3-5-14(12)17;/h3-5,11,21H,2,6-10H2,1H3,(H,18,19);1H/t11-;/m1./s1. The maximum Gasteiger partial charge on any atom is 0.194 e. The third-order valence-corrected chi connectivity index (χ3v) is 4.19. The van der Waals surface area contributed by atoms with E-state index in [2.05, 4.69) is 15.2 Å². The molecule has 4 nitrogen and oxygen atoms in total. The van der Waals surface area contributed by atoms with Crippen LogP contribution in [0.4, 0.5) is 0 Å². The van der Waals surface area contributed by atoms with Gasteiger partial charge in [0.1, 0.15) is 0 Å². The maximum absolute atomic E-state index is 9.63. The van der Waals surface area contributed by atoms with Gasteiger partial charge in [-0.2, -0.15) is 0 Å². The monoisotopic (exact) mass is 457 g/mol. The number of hydrogen-bond donors (Lipinski definition) is 2. The molecule has 1 saturated heterocycles. The highest BCUT2D eigenvalue weighted by molar-refractivity contribution is 14.0. The number of hydrogen-bond acceptors (Lipinski definition) is 2. The Morgan fingerprint density at radius 1 is 1.41 bits per heavy atom. The number of benzene rings is 1. The third-order valence-electron chi connectivity index (χ3n) is 3.48. The molecule has 0 bridgehead atoms. The van der Waals surface area contributed by atoms with Gasteiger partial charge in [0.15, 0.2) is 5.96 Å². The minimum absolute atomic E-state index is 0. The van der Waals surface area contributed by atoms with E-state index in [1.54, 1.807) is 0 Å². The van der Waals surface area contributed by atoms with E-state index in [4.69, 9.17) is 23.2 Å². The van der Waals surface area contributed by atoms with E-state index in [1.807, 2.05) is 25.1 Å². The molecular weight excluding hydrogens is 436 g/mol. The van der Waals surface area contributed by atoms with E-state index in [-0.39, 0.29) is 30.1 Å². The van der Waals surface area contributed by atoms with E-state index >= 15 is 0 Å². The minimum atomic E-state index is -0.258. The van der Waals surface area contributed by atoms with Crippen molar-refractivity contribution < 1.29 is 5.11 Å². The maximum atomic E-state index is 9.63. The predicted octanol–water partition coefficient (Wildman–Crippen LogP) is 3.19. The summed E-state index contributed by atoms with van der Waals surface area (Å²) in [6.45, 7) is 4.92. The summed E-state index contributed by atoms with van der Waals surface area (Å²) >= 11 is 12.3. The van der Waals surface area contributed by atoms with Crippen molar-refractivity contribution >= 4 is 53.1 Å². The summed E-state index contributed by atoms with van der Waals surface area (Å²) in [5, 5.41) is 14.3. The Hall–Kier alpha value is -0.240. The number of nitrogens with zero attached hydrogens (tertiary/aromatic N) is 2. The number of likely N-dealkylation sites (tertiary alicyclic amines) is 1. The van der Waals surface area contributed by atoms with Crippen LogP contribution in [0.25, 0.3) is 0 Å². The van der Waals surface area contributed by atoms with Crippen LogP contribution in [0.1, 0.15) is 18.9 Å². The van der Waals surface area contributed by atoms with Gasteiger partial charge in [-0.25, -0.2) is 0 Å². The van der Waals surface area contributed by atoms with Gasteiger partial charge in [0.25, 0.3) is 0 Å². The van der Waals surface area contributed by atoms with Crippen molar-refractivity contribution in [3.8, 4) is 0 Å². The highest BCUT2D eigenvalue weighted by Gasteiger charge is 2.22. The molecule has 1 atom stereocenters. The molecule has 1 aliphatic heterocycles. The third kappa shape index (κ3) is 5.44. The molecule has 1 fully saturated rings. The van der Waals surface area contributed by atoms with Crippen LogP contribution in [0, 0.1) is 0 Å². The molecule has 7 heteroatoms. The summed E-state index contributed by atoms with van der Waals surface area (Å²) in [6.07, 6.45) is 1.23. The molecule has 0 spiro atoms. The molecule has 1 aromatic rings. The summed E-state index contributed by atoms with van der Waals surface area (Å²) in [5.74, 6) is 0.845. The fourth-order valence-corrected chi connectivity index (χ4v) is 2.99. The van der Waals surface area contributed by atoms with E-state index < -0.39 is 0 Å². The molecule has 0 aromatic heterocycles. The molecule has 1 aliphatic rings. The van der Waals surface area contributed by atoms with Gasteiger partial charge in [0, 0.05) is 36.2 Å². The molecule has 0 radical (unpaired) electrons. The Morgan fingerprint density at radius 2 is 2.09 bits per heavy atom. The van der Waals surface area contributed by atoms with Gasteiger partial charge < -0.3 is 15.3 Å². The first-order chi connectivity index (χ1) is 10.1. The molecule has 124 valence electrons. The SMILES string of the molecule is CCNC(=NCCc1c(Cl)cccc1Cl)N1CC[C@@H](O)C1.I. The Kier molecular flexibility index (Phi) is 8.82. The first kappa shape index (κ1) is 19.8. The first-order valence-electron chi connectivity index (χ1n) is 7.26. The van der Waals surface area contributed by atoms with Crippen LogP contribution in [0.15, 0.2) is 23.2 Å². The van der Waals surface area contributed by atoms with E-state index in [0.717, 1.165) is 31.0 Å². The fourth-order valence-electron chi connectivity index (χ4n) is 2.40. The zero-order valence-electron chi connectivity index (χ0n) is 12.6. The van der Waals surface area contributed by atoms with Crippen LogP contribution in [0.3, 0.4) is 0 Å². The highest BCUT2D eigenvalue weighted by Crippen LogP contribution is 2.24. The first-order valence-corrected chi connectivity index (χ1v) is 8.01. The summed E-state index contributed by atoms with van der Waals surface area (Å²) < 4.78 is 0. The number of aliphatic hydroxyl groups is 1. The largest absolute Gasteiger partial charge is 0.391 e. The van der Waals surface area contributed by atoms with Crippen LogP contribution in [-0.2, 0) is 6.42 Å². The van der Waals surface area contributed by atoms with Gasteiger partial charge in [-0.1, -0.05) is 29.3 Å². The number of halogens is 3.